The Morgan fingerprint density at radius 3 is 2.59 bits per heavy atom. The zero-order chi connectivity index (χ0) is 18.2. The first-order valence-electron chi connectivity index (χ1n) is 9.80. The highest BCUT2D eigenvalue weighted by Crippen LogP contribution is 2.33. The molecule has 1 aromatic heterocycles. The average molecular weight is 349 g/mol. The normalized spacial score (nSPS) is 18.6. The molecule has 3 aromatic rings. The van der Waals surface area contributed by atoms with Crippen LogP contribution in [0.15, 0.2) is 84.0 Å². The zero-order valence-corrected chi connectivity index (χ0v) is 15.7. The van der Waals surface area contributed by atoms with E-state index in [-0.39, 0.29) is 0 Å². The summed E-state index contributed by atoms with van der Waals surface area (Å²) in [7, 11) is 0. The molecule has 0 spiro atoms. The van der Waals surface area contributed by atoms with Crippen molar-refractivity contribution in [2.75, 3.05) is 0 Å². The second kappa shape index (κ2) is 6.59. The molecule has 0 saturated heterocycles. The van der Waals surface area contributed by atoms with Gasteiger partial charge in [0.05, 0.1) is 0 Å². The summed E-state index contributed by atoms with van der Waals surface area (Å²) in [6, 6.07) is 19.6. The molecule has 0 amide bonds. The van der Waals surface area contributed by atoms with E-state index in [9.17, 15) is 0 Å². The minimum absolute atomic E-state index is 0.997. The molecule has 0 bridgehead atoms. The second-order valence-corrected chi connectivity index (χ2v) is 7.20. The highest BCUT2D eigenvalue weighted by molar-refractivity contribution is 5.88. The highest BCUT2D eigenvalue weighted by atomic mass is 15.0. The SMILES string of the molecule is CCn1c2c(c3ccccc31)=CC(=C1CC=CC=C1c1ccccc1)CC=2. The van der Waals surface area contributed by atoms with E-state index in [1.54, 1.807) is 0 Å². The summed E-state index contributed by atoms with van der Waals surface area (Å²) in [6.07, 6.45) is 13.6. The van der Waals surface area contributed by atoms with Crippen molar-refractivity contribution in [2.24, 2.45) is 0 Å². The van der Waals surface area contributed by atoms with Gasteiger partial charge in [-0.2, -0.15) is 0 Å². The second-order valence-electron chi connectivity index (χ2n) is 7.20. The molecule has 1 heteroatoms. The molecule has 0 fully saturated rings. The Morgan fingerprint density at radius 1 is 0.926 bits per heavy atom. The van der Waals surface area contributed by atoms with Crippen LogP contribution in [0.25, 0.3) is 28.6 Å². The minimum atomic E-state index is 0.997. The monoisotopic (exact) mass is 349 g/mol. The van der Waals surface area contributed by atoms with Crippen molar-refractivity contribution in [3.05, 3.63) is 100 Å². The molecule has 132 valence electrons. The number of hydrogen-bond acceptors (Lipinski definition) is 0. The summed E-state index contributed by atoms with van der Waals surface area (Å²) in [6.45, 7) is 3.24. The first-order chi connectivity index (χ1) is 13.4. The third-order valence-electron chi connectivity index (χ3n) is 5.72. The number of benzene rings is 2. The third kappa shape index (κ3) is 2.62. The average Bonchev–Trinajstić information content (AvgIpc) is 3.07. The zero-order valence-electron chi connectivity index (χ0n) is 15.7. The molecule has 1 nitrogen and oxygen atoms in total. The van der Waals surface area contributed by atoms with Gasteiger partial charge in [0.2, 0.25) is 0 Å². The molecule has 27 heavy (non-hydrogen) atoms. The van der Waals surface area contributed by atoms with Gasteiger partial charge in [-0.1, -0.05) is 72.8 Å². The smallest absolute Gasteiger partial charge is 0.0491 e. The molecule has 1 heterocycles. The Hall–Kier alpha value is -3.06. The minimum Gasteiger partial charge on any atom is -0.341 e. The summed E-state index contributed by atoms with van der Waals surface area (Å²) in [4.78, 5) is 0. The van der Waals surface area contributed by atoms with Gasteiger partial charge in [-0.05, 0) is 54.2 Å². The summed E-state index contributed by atoms with van der Waals surface area (Å²) < 4.78 is 2.44. The Morgan fingerprint density at radius 2 is 1.74 bits per heavy atom. The van der Waals surface area contributed by atoms with Gasteiger partial charge in [0.1, 0.15) is 0 Å². The van der Waals surface area contributed by atoms with Gasteiger partial charge in [-0.25, -0.2) is 0 Å². The van der Waals surface area contributed by atoms with Gasteiger partial charge in [-0.15, -0.1) is 0 Å². The van der Waals surface area contributed by atoms with Gasteiger partial charge in [0.25, 0.3) is 0 Å². The van der Waals surface area contributed by atoms with Crippen LogP contribution >= 0.6 is 0 Å². The Bertz CT molecular complexity index is 1230. The van der Waals surface area contributed by atoms with Crippen molar-refractivity contribution in [1.29, 1.82) is 0 Å². The first-order valence-corrected chi connectivity index (χ1v) is 9.80. The van der Waals surface area contributed by atoms with E-state index in [0.29, 0.717) is 0 Å². The molecule has 2 aliphatic carbocycles. The van der Waals surface area contributed by atoms with Crippen LogP contribution in [0.1, 0.15) is 25.3 Å². The van der Waals surface area contributed by atoms with Crippen LogP contribution in [0.3, 0.4) is 0 Å². The molecule has 2 aliphatic rings. The van der Waals surface area contributed by atoms with Gasteiger partial charge < -0.3 is 4.57 Å². The number of rotatable bonds is 2. The van der Waals surface area contributed by atoms with Crippen LogP contribution in [-0.4, -0.2) is 4.57 Å². The number of fused-ring (bicyclic) bond motifs is 3. The maximum absolute atomic E-state index is 2.44. The summed E-state index contributed by atoms with van der Waals surface area (Å²) >= 11 is 0. The van der Waals surface area contributed by atoms with Crippen molar-refractivity contribution in [2.45, 2.75) is 26.3 Å². The third-order valence-corrected chi connectivity index (χ3v) is 5.72. The molecule has 0 aliphatic heterocycles. The van der Waals surface area contributed by atoms with Crippen LogP contribution < -0.4 is 10.6 Å². The van der Waals surface area contributed by atoms with E-state index >= 15 is 0 Å². The maximum atomic E-state index is 2.44. The molecular weight excluding hydrogens is 326 g/mol. The molecular formula is C26H23N. The van der Waals surface area contributed by atoms with Crippen LogP contribution in [0.4, 0.5) is 0 Å². The first kappa shape index (κ1) is 16.1. The van der Waals surface area contributed by atoms with E-state index in [2.05, 4.69) is 96.5 Å². The van der Waals surface area contributed by atoms with E-state index in [1.165, 1.54) is 43.8 Å². The molecule has 5 rings (SSSR count). The van der Waals surface area contributed by atoms with Crippen molar-refractivity contribution < 1.29 is 0 Å². The van der Waals surface area contributed by atoms with Crippen LogP contribution in [-0.2, 0) is 6.54 Å². The Labute approximate surface area is 160 Å². The lowest BCUT2D eigenvalue weighted by Crippen LogP contribution is -2.31. The van der Waals surface area contributed by atoms with Gasteiger partial charge in [-0.3, -0.25) is 0 Å². The predicted octanol–water partition coefficient (Wildman–Crippen LogP) is 4.97. The number of hydrogen-bond donors (Lipinski definition) is 0. The molecule has 0 radical (unpaired) electrons. The van der Waals surface area contributed by atoms with Crippen molar-refractivity contribution >= 4 is 28.6 Å². The van der Waals surface area contributed by atoms with E-state index in [0.717, 1.165) is 19.4 Å². The number of aromatic nitrogens is 1. The molecule has 2 aromatic carbocycles. The highest BCUT2D eigenvalue weighted by Gasteiger charge is 2.16. The van der Waals surface area contributed by atoms with E-state index in [4.69, 9.17) is 0 Å². The summed E-state index contributed by atoms with van der Waals surface area (Å²) in [5.74, 6) is 0. The maximum Gasteiger partial charge on any atom is 0.0491 e. The number of allylic oxidation sites excluding steroid dienone is 6. The Balaban J connectivity index is 1.75. The fourth-order valence-electron chi connectivity index (χ4n) is 4.47. The number of nitrogens with zero attached hydrogens (tertiary/aromatic N) is 1. The predicted molar refractivity (Wildman–Crippen MR) is 116 cm³/mol. The number of aryl methyl sites for hydroxylation is 1. The molecule has 0 unspecified atom stereocenters. The summed E-state index contributed by atoms with van der Waals surface area (Å²) in [5.41, 5.74) is 6.91. The fraction of sp³-hybridized carbons (Fsp3) is 0.154. The largest absolute Gasteiger partial charge is 0.341 e. The van der Waals surface area contributed by atoms with Gasteiger partial charge in [0, 0.05) is 28.0 Å². The van der Waals surface area contributed by atoms with E-state index < -0.39 is 0 Å². The quantitative estimate of drug-likeness (QED) is 0.616. The van der Waals surface area contributed by atoms with Crippen molar-refractivity contribution in [1.82, 2.24) is 4.57 Å². The lowest BCUT2D eigenvalue weighted by atomic mass is 9.86. The topological polar surface area (TPSA) is 4.93 Å². The van der Waals surface area contributed by atoms with Gasteiger partial charge >= 0.3 is 0 Å². The van der Waals surface area contributed by atoms with Crippen LogP contribution in [0.5, 0.6) is 0 Å². The molecule has 0 atom stereocenters. The molecule has 0 N–H and O–H groups in total. The fourth-order valence-corrected chi connectivity index (χ4v) is 4.47. The number of para-hydroxylation sites is 1. The van der Waals surface area contributed by atoms with Gasteiger partial charge in [0.15, 0.2) is 0 Å². The standard InChI is InChI=1S/C26H23N/c1-2-27-25-15-9-8-14-23(25)24-18-20(16-17-26(24)27)22-13-7-6-12-21(22)19-10-4-3-5-11-19/h3-12,14-15,17-18H,2,13,16H2,1H3. The van der Waals surface area contributed by atoms with Crippen molar-refractivity contribution in [3.63, 3.8) is 0 Å². The molecule has 0 saturated carbocycles. The summed E-state index contributed by atoms with van der Waals surface area (Å²) in [5, 5.41) is 4.11. The van der Waals surface area contributed by atoms with Crippen LogP contribution in [0.2, 0.25) is 0 Å². The van der Waals surface area contributed by atoms with Crippen LogP contribution in [0, 0.1) is 0 Å². The van der Waals surface area contributed by atoms with E-state index in [1.807, 2.05) is 0 Å². The Kier molecular flexibility index (Phi) is 3.94. The van der Waals surface area contributed by atoms with Crippen molar-refractivity contribution in [3.8, 4) is 0 Å². The lowest BCUT2D eigenvalue weighted by Gasteiger charge is -2.18. The lowest BCUT2D eigenvalue weighted by molar-refractivity contribution is 0.768.